The second kappa shape index (κ2) is 11.2. The molecule has 7 heteroatoms. The van der Waals surface area contributed by atoms with Gasteiger partial charge in [-0.3, -0.25) is 4.90 Å². The molecule has 36 heavy (non-hydrogen) atoms. The minimum Gasteiger partial charge on any atom is -0.493 e. The third-order valence-corrected chi connectivity index (χ3v) is 6.85. The lowest BCUT2D eigenvalue weighted by molar-refractivity contribution is 0.106. The smallest absolute Gasteiger partial charge is 0.231 e. The molecule has 1 saturated heterocycles. The first-order chi connectivity index (χ1) is 17.6. The van der Waals surface area contributed by atoms with Gasteiger partial charge in [-0.25, -0.2) is 4.39 Å². The number of benzene rings is 3. The van der Waals surface area contributed by atoms with Gasteiger partial charge in [-0.15, -0.1) is 0 Å². The van der Waals surface area contributed by atoms with E-state index in [-0.39, 0.29) is 11.9 Å². The predicted molar refractivity (Wildman–Crippen MR) is 136 cm³/mol. The zero-order valence-corrected chi connectivity index (χ0v) is 20.9. The molecule has 1 fully saturated rings. The summed E-state index contributed by atoms with van der Waals surface area (Å²) in [5.74, 6) is 2.82. The summed E-state index contributed by atoms with van der Waals surface area (Å²) in [6.07, 6.45) is 0.596. The van der Waals surface area contributed by atoms with E-state index in [1.54, 1.807) is 7.11 Å². The van der Waals surface area contributed by atoms with Gasteiger partial charge in [0, 0.05) is 45.7 Å². The SMILES string of the molecule is COc1cc(C)ccc1OC(CCN1CCN(Cc2ccc3c(c2)OCO3)CC1)c1ccc(F)cc1. The summed E-state index contributed by atoms with van der Waals surface area (Å²) in [5.41, 5.74) is 3.31. The molecule has 0 aliphatic carbocycles. The van der Waals surface area contributed by atoms with Crippen LogP contribution in [-0.4, -0.2) is 56.4 Å². The van der Waals surface area contributed by atoms with Gasteiger partial charge in [0.25, 0.3) is 0 Å². The minimum absolute atomic E-state index is 0.200. The Hall–Kier alpha value is -3.29. The molecule has 1 unspecified atom stereocenters. The van der Waals surface area contributed by atoms with Gasteiger partial charge >= 0.3 is 0 Å². The monoisotopic (exact) mass is 492 g/mol. The Labute approximate surface area is 212 Å². The van der Waals surface area contributed by atoms with Crippen LogP contribution in [0.15, 0.2) is 60.7 Å². The molecular weight excluding hydrogens is 459 g/mol. The highest BCUT2D eigenvalue weighted by atomic mass is 19.1. The van der Waals surface area contributed by atoms with Crippen LogP contribution in [0.3, 0.4) is 0 Å². The van der Waals surface area contributed by atoms with Gasteiger partial charge in [0.15, 0.2) is 23.0 Å². The molecular formula is C29H33FN2O4. The summed E-state index contributed by atoms with van der Waals surface area (Å²) in [5, 5.41) is 0. The van der Waals surface area contributed by atoms with Crippen LogP contribution in [0.5, 0.6) is 23.0 Å². The van der Waals surface area contributed by atoms with Gasteiger partial charge in [0.1, 0.15) is 11.9 Å². The van der Waals surface area contributed by atoms with Crippen molar-refractivity contribution < 1.29 is 23.3 Å². The molecule has 190 valence electrons. The summed E-state index contributed by atoms with van der Waals surface area (Å²) in [4.78, 5) is 4.95. The molecule has 0 bridgehead atoms. The van der Waals surface area contributed by atoms with E-state index in [9.17, 15) is 4.39 Å². The number of hydrogen-bond donors (Lipinski definition) is 0. The number of aryl methyl sites for hydroxylation is 1. The first kappa shape index (κ1) is 24.4. The zero-order valence-electron chi connectivity index (χ0n) is 20.9. The molecule has 0 spiro atoms. The molecule has 3 aromatic carbocycles. The quantitative estimate of drug-likeness (QED) is 0.409. The number of halogens is 1. The second-order valence-corrected chi connectivity index (χ2v) is 9.41. The van der Waals surface area contributed by atoms with E-state index in [1.165, 1.54) is 17.7 Å². The van der Waals surface area contributed by atoms with Crippen LogP contribution in [0.1, 0.15) is 29.2 Å². The van der Waals surface area contributed by atoms with Gasteiger partial charge in [0.2, 0.25) is 6.79 Å². The Morgan fingerprint density at radius 2 is 1.61 bits per heavy atom. The second-order valence-electron chi connectivity index (χ2n) is 9.41. The number of piperazine rings is 1. The Bertz CT molecular complexity index is 1160. The lowest BCUT2D eigenvalue weighted by atomic mass is 10.1. The third-order valence-electron chi connectivity index (χ3n) is 6.85. The van der Waals surface area contributed by atoms with Gasteiger partial charge in [-0.2, -0.15) is 0 Å². The summed E-state index contributed by atoms with van der Waals surface area (Å²) < 4.78 is 36.5. The fourth-order valence-corrected chi connectivity index (χ4v) is 4.76. The summed E-state index contributed by atoms with van der Waals surface area (Å²) in [6.45, 7) is 8.12. The molecule has 2 aliphatic rings. The Kier molecular flexibility index (Phi) is 7.58. The number of fused-ring (bicyclic) bond motifs is 1. The summed E-state index contributed by atoms with van der Waals surface area (Å²) >= 11 is 0. The van der Waals surface area contributed by atoms with Crippen LogP contribution in [0.2, 0.25) is 0 Å². The predicted octanol–water partition coefficient (Wildman–Crippen LogP) is 5.20. The van der Waals surface area contributed by atoms with Crippen molar-refractivity contribution in [3.63, 3.8) is 0 Å². The highest BCUT2D eigenvalue weighted by Gasteiger charge is 2.22. The molecule has 0 saturated carbocycles. The first-order valence-electron chi connectivity index (χ1n) is 12.5. The molecule has 2 aliphatic heterocycles. The van der Waals surface area contributed by atoms with Crippen LogP contribution >= 0.6 is 0 Å². The molecule has 0 radical (unpaired) electrons. The van der Waals surface area contributed by atoms with E-state index < -0.39 is 0 Å². The highest BCUT2D eigenvalue weighted by Crippen LogP contribution is 2.34. The molecule has 2 heterocycles. The van der Waals surface area contributed by atoms with Gasteiger partial charge in [-0.05, 0) is 60.0 Å². The molecule has 6 nitrogen and oxygen atoms in total. The maximum absolute atomic E-state index is 13.6. The van der Waals surface area contributed by atoms with Gasteiger partial charge < -0.3 is 23.8 Å². The van der Waals surface area contributed by atoms with Crippen LogP contribution in [0, 0.1) is 12.7 Å². The molecule has 0 aromatic heterocycles. The summed E-state index contributed by atoms with van der Waals surface area (Å²) in [7, 11) is 1.65. The average molecular weight is 493 g/mol. The van der Waals surface area contributed by atoms with Gasteiger partial charge in [-0.1, -0.05) is 24.3 Å². The van der Waals surface area contributed by atoms with Crippen LogP contribution in [0.25, 0.3) is 0 Å². The third kappa shape index (κ3) is 5.91. The van der Waals surface area contributed by atoms with Gasteiger partial charge in [0.05, 0.1) is 7.11 Å². The fraction of sp³-hybridized carbons (Fsp3) is 0.379. The number of methoxy groups -OCH3 is 1. The molecule has 0 N–H and O–H groups in total. The van der Waals surface area contributed by atoms with Crippen molar-refractivity contribution in [1.29, 1.82) is 0 Å². The molecule has 0 amide bonds. The maximum atomic E-state index is 13.6. The van der Waals surface area contributed by atoms with Crippen LogP contribution in [-0.2, 0) is 6.54 Å². The van der Waals surface area contributed by atoms with Crippen molar-refractivity contribution in [3.8, 4) is 23.0 Å². The number of ether oxygens (including phenoxy) is 4. The minimum atomic E-state index is -0.246. The van der Waals surface area contributed by atoms with Crippen molar-refractivity contribution in [2.75, 3.05) is 46.6 Å². The molecule has 1 atom stereocenters. The van der Waals surface area contributed by atoms with E-state index in [4.69, 9.17) is 18.9 Å². The van der Waals surface area contributed by atoms with E-state index in [2.05, 4.69) is 21.9 Å². The molecule has 3 aromatic rings. The largest absolute Gasteiger partial charge is 0.493 e. The number of hydrogen-bond acceptors (Lipinski definition) is 6. The lowest BCUT2D eigenvalue weighted by Crippen LogP contribution is -2.46. The highest BCUT2D eigenvalue weighted by molar-refractivity contribution is 5.44. The number of rotatable bonds is 9. The zero-order chi connectivity index (χ0) is 24.9. The van der Waals surface area contributed by atoms with E-state index in [1.807, 2.05) is 43.3 Å². The van der Waals surface area contributed by atoms with Crippen molar-refractivity contribution in [2.24, 2.45) is 0 Å². The topological polar surface area (TPSA) is 43.4 Å². The van der Waals surface area contributed by atoms with Crippen LogP contribution < -0.4 is 18.9 Å². The Morgan fingerprint density at radius 1 is 0.861 bits per heavy atom. The van der Waals surface area contributed by atoms with Crippen molar-refractivity contribution in [3.05, 3.63) is 83.2 Å². The maximum Gasteiger partial charge on any atom is 0.231 e. The summed E-state index contributed by atoms with van der Waals surface area (Å²) in [6, 6.07) is 18.7. The lowest BCUT2D eigenvalue weighted by Gasteiger charge is -2.35. The van der Waals surface area contributed by atoms with E-state index >= 15 is 0 Å². The van der Waals surface area contributed by atoms with Crippen molar-refractivity contribution in [1.82, 2.24) is 9.80 Å². The normalized spacial score (nSPS) is 16.6. The Morgan fingerprint density at radius 3 is 2.39 bits per heavy atom. The first-order valence-corrected chi connectivity index (χ1v) is 12.5. The van der Waals surface area contributed by atoms with Crippen molar-refractivity contribution in [2.45, 2.75) is 26.0 Å². The van der Waals surface area contributed by atoms with Crippen molar-refractivity contribution >= 4 is 0 Å². The standard InChI is InChI=1S/C29H33FN2O4/c1-21-3-9-27(28(17-21)33-2)36-25(23-5-7-24(30)8-6-23)11-12-31-13-15-32(16-14-31)19-22-4-10-26-29(18-22)35-20-34-26/h3-10,17-18,25H,11-16,19-20H2,1-2H3. The van der Waals surface area contributed by atoms with E-state index in [0.717, 1.165) is 68.3 Å². The average Bonchev–Trinajstić information content (AvgIpc) is 3.37. The van der Waals surface area contributed by atoms with E-state index in [0.29, 0.717) is 18.3 Å². The molecule has 5 rings (SSSR count). The fourth-order valence-electron chi connectivity index (χ4n) is 4.76. The number of nitrogens with zero attached hydrogens (tertiary/aromatic N) is 2. The Balaban J connectivity index is 1.18. The van der Waals surface area contributed by atoms with Crippen LogP contribution in [0.4, 0.5) is 4.39 Å².